The standard InChI is InChI=1S/C13H10FIN2O2/c14-9-6-8(16)2-4-11(9)17-13(19)7-1-3-10(15)12(18)5-7/h1-6,18H,16H2,(H,17,19). The summed E-state index contributed by atoms with van der Waals surface area (Å²) in [6.07, 6.45) is 0. The SMILES string of the molecule is Nc1ccc(NC(=O)c2ccc(I)c(O)c2)c(F)c1. The van der Waals surface area contributed by atoms with E-state index in [0.717, 1.165) is 6.07 Å². The number of phenolic OH excluding ortho intramolecular Hbond substituents is 1. The van der Waals surface area contributed by atoms with Crippen molar-refractivity contribution in [3.05, 3.63) is 51.3 Å². The molecule has 4 N–H and O–H groups in total. The fourth-order valence-electron chi connectivity index (χ4n) is 1.48. The van der Waals surface area contributed by atoms with Crippen molar-refractivity contribution >= 4 is 39.9 Å². The number of anilines is 2. The Bertz CT molecular complexity index is 647. The Kier molecular flexibility index (Phi) is 3.89. The number of nitrogens with two attached hydrogens (primary N) is 1. The van der Waals surface area contributed by atoms with E-state index in [9.17, 15) is 14.3 Å². The topological polar surface area (TPSA) is 75.3 Å². The minimum atomic E-state index is -0.608. The lowest BCUT2D eigenvalue weighted by Gasteiger charge is -2.07. The molecule has 2 aromatic rings. The van der Waals surface area contributed by atoms with Crippen LogP contribution in [0.2, 0.25) is 0 Å². The van der Waals surface area contributed by atoms with E-state index in [0.29, 0.717) is 3.57 Å². The highest BCUT2D eigenvalue weighted by Crippen LogP contribution is 2.22. The third-order valence-corrected chi connectivity index (χ3v) is 3.36. The Morgan fingerprint density at radius 3 is 2.63 bits per heavy atom. The van der Waals surface area contributed by atoms with Crippen molar-refractivity contribution in [2.24, 2.45) is 0 Å². The van der Waals surface area contributed by atoms with E-state index < -0.39 is 11.7 Å². The second-order valence-corrected chi connectivity index (χ2v) is 5.02. The summed E-state index contributed by atoms with van der Waals surface area (Å²) in [7, 11) is 0. The van der Waals surface area contributed by atoms with Gasteiger partial charge in [0.1, 0.15) is 11.6 Å². The Morgan fingerprint density at radius 2 is 2.00 bits per heavy atom. The molecule has 2 rings (SSSR count). The summed E-state index contributed by atoms with van der Waals surface area (Å²) < 4.78 is 14.2. The van der Waals surface area contributed by atoms with Crippen LogP contribution in [0.5, 0.6) is 5.75 Å². The van der Waals surface area contributed by atoms with Crippen LogP contribution < -0.4 is 11.1 Å². The van der Waals surface area contributed by atoms with Crippen molar-refractivity contribution in [1.82, 2.24) is 0 Å². The lowest BCUT2D eigenvalue weighted by molar-refractivity contribution is 0.102. The molecule has 0 aliphatic rings. The van der Waals surface area contributed by atoms with Crippen molar-refractivity contribution in [3.63, 3.8) is 0 Å². The third kappa shape index (κ3) is 3.14. The number of hydrogen-bond donors (Lipinski definition) is 3. The summed E-state index contributed by atoms with van der Waals surface area (Å²) in [5.74, 6) is -1.11. The molecule has 0 saturated carbocycles. The molecule has 0 bridgehead atoms. The van der Waals surface area contributed by atoms with Gasteiger partial charge in [0.05, 0.1) is 9.26 Å². The smallest absolute Gasteiger partial charge is 0.255 e. The monoisotopic (exact) mass is 372 g/mol. The number of amides is 1. The van der Waals surface area contributed by atoms with Gasteiger partial charge in [-0.1, -0.05) is 0 Å². The Balaban J connectivity index is 2.23. The summed E-state index contributed by atoms with van der Waals surface area (Å²) >= 11 is 1.94. The van der Waals surface area contributed by atoms with Crippen LogP contribution in [-0.4, -0.2) is 11.0 Å². The van der Waals surface area contributed by atoms with Gasteiger partial charge < -0.3 is 16.2 Å². The van der Waals surface area contributed by atoms with E-state index in [2.05, 4.69) is 5.32 Å². The number of hydrogen-bond acceptors (Lipinski definition) is 3. The summed E-state index contributed by atoms with van der Waals surface area (Å²) in [5.41, 5.74) is 5.98. The Morgan fingerprint density at radius 1 is 1.26 bits per heavy atom. The molecule has 6 heteroatoms. The maximum atomic E-state index is 13.5. The summed E-state index contributed by atoms with van der Waals surface area (Å²) in [6.45, 7) is 0. The number of nitrogens with one attached hydrogen (secondary N) is 1. The normalized spacial score (nSPS) is 10.2. The van der Waals surface area contributed by atoms with Crippen molar-refractivity contribution < 1.29 is 14.3 Å². The number of rotatable bonds is 2. The predicted octanol–water partition coefficient (Wildman–Crippen LogP) is 2.97. The van der Waals surface area contributed by atoms with Crippen LogP contribution in [0.1, 0.15) is 10.4 Å². The first kappa shape index (κ1) is 13.6. The van der Waals surface area contributed by atoms with Gasteiger partial charge in [-0.05, 0) is 59.0 Å². The molecule has 0 aliphatic heterocycles. The van der Waals surface area contributed by atoms with Gasteiger partial charge in [0.2, 0.25) is 0 Å². The molecule has 1 amide bonds. The number of nitrogen functional groups attached to an aromatic ring is 1. The van der Waals surface area contributed by atoms with Gasteiger partial charge in [-0.3, -0.25) is 4.79 Å². The highest BCUT2D eigenvalue weighted by molar-refractivity contribution is 14.1. The minimum absolute atomic E-state index is 0.00558. The quantitative estimate of drug-likeness (QED) is 0.561. The molecule has 19 heavy (non-hydrogen) atoms. The van der Waals surface area contributed by atoms with E-state index in [1.54, 1.807) is 12.1 Å². The lowest BCUT2D eigenvalue weighted by Crippen LogP contribution is -2.13. The van der Waals surface area contributed by atoms with Gasteiger partial charge in [0.15, 0.2) is 0 Å². The van der Waals surface area contributed by atoms with E-state index in [1.165, 1.54) is 18.2 Å². The Hall–Kier alpha value is -1.83. The van der Waals surface area contributed by atoms with Gasteiger partial charge in [0.25, 0.3) is 5.91 Å². The molecule has 0 atom stereocenters. The van der Waals surface area contributed by atoms with E-state index in [1.807, 2.05) is 22.6 Å². The van der Waals surface area contributed by atoms with Crippen molar-refractivity contribution in [1.29, 1.82) is 0 Å². The molecule has 0 heterocycles. The molecular formula is C13H10FIN2O2. The van der Waals surface area contributed by atoms with Gasteiger partial charge >= 0.3 is 0 Å². The summed E-state index contributed by atoms with van der Waals surface area (Å²) in [5, 5.41) is 11.9. The molecule has 4 nitrogen and oxygen atoms in total. The zero-order chi connectivity index (χ0) is 14.0. The maximum Gasteiger partial charge on any atom is 0.255 e. The van der Waals surface area contributed by atoms with Crippen LogP contribution in [0.15, 0.2) is 36.4 Å². The number of carbonyl (C=O) groups excluding carboxylic acids is 1. The summed E-state index contributed by atoms with van der Waals surface area (Å²) in [4.78, 5) is 11.9. The number of aromatic hydroxyl groups is 1. The fraction of sp³-hybridized carbons (Fsp3) is 0. The maximum absolute atomic E-state index is 13.5. The molecular weight excluding hydrogens is 362 g/mol. The predicted molar refractivity (Wildman–Crippen MR) is 79.6 cm³/mol. The van der Waals surface area contributed by atoms with Gasteiger partial charge in [0, 0.05) is 11.3 Å². The zero-order valence-electron chi connectivity index (χ0n) is 9.65. The highest BCUT2D eigenvalue weighted by atomic mass is 127. The third-order valence-electron chi connectivity index (χ3n) is 2.45. The number of benzene rings is 2. The summed E-state index contributed by atoms with van der Waals surface area (Å²) in [6, 6.07) is 8.47. The molecule has 0 spiro atoms. The van der Waals surface area contributed by atoms with E-state index >= 15 is 0 Å². The van der Waals surface area contributed by atoms with E-state index in [4.69, 9.17) is 5.73 Å². The van der Waals surface area contributed by atoms with Crippen LogP contribution in [-0.2, 0) is 0 Å². The Labute approximate surface area is 122 Å². The first-order valence-corrected chi connectivity index (χ1v) is 6.40. The molecule has 0 radical (unpaired) electrons. The van der Waals surface area contributed by atoms with Crippen molar-refractivity contribution in [3.8, 4) is 5.75 Å². The van der Waals surface area contributed by atoms with Crippen LogP contribution in [0, 0.1) is 9.39 Å². The first-order valence-electron chi connectivity index (χ1n) is 5.32. The second-order valence-electron chi connectivity index (χ2n) is 3.86. The molecule has 0 aromatic heterocycles. The number of halogens is 2. The van der Waals surface area contributed by atoms with Crippen LogP contribution in [0.25, 0.3) is 0 Å². The van der Waals surface area contributed by atoms with Gasteiger partial charge in [-0.15, -0.1) is 0 Å². The van der Waals surface area contributed by atoms with Crippen LogP contribution in [0.3, 0.4) is 0 Å². The molecule has 0 fully saturated rings. The zero-order valence-corrected chi connectivity index (χ0v) is 11.8. The van der Waals surface area contributed by atoms with Crippen molar-refractivity contribution in [2.45, 2.75) is 0 Å². The lowest BCUT2D eigenvalue weighted by atomic mass is 10.2. The van der Waals surface area contributed by atoms with Crippen molar-refractivity contribution in [2.75, 3.05) is 11.1 Å². The van der Waals surface area contributed by atoms with Crippen LogP contribution >= 0.6 is 22.6 Å². The fourth-order valence-corrected chi connectivity index (χ4v) is 1.82. The first-order chi connectivity index (χ1) is 8.97. The largest absolute Gasteiger partial charge is 0.507 e. The minimum Gasteiger partial charge on any atom is -0.507 e. The van der Waals surface area contributed by atoms with Gasteiger partial charge in [-0.25, -0.2) is 4.39 Å². The second kappa shape index (κ2) is 5.43. The van der Waals surface area contributed by atoms with Gasteiger partial charge in [-0.2, -0.15) is 0 Å². The molecule has 0 saturated heterocycles. The van der Waals surface area contributed by atoms with E-state index in [-0.39, 0.29) is 22.7 Å². The molecule has 0 aliphatic carbocycles. The number of phenols is 1. The average Bonchev–Trinajstić information content (AvgIpc) is 2.36. The average molecular weight is 372 g/mol. The molecule has 2 aromatic carbocycles. The van der Waals surface area contributed by atoms with Crippen LogP contribution in [0.4, 0.5) is 15.8 Å². The molecule has 98 valence electrons. The number of carbonyl (C=O) groups is 1. The molecule has 0 unspecified atom stereocenters. The highest BCUT2D eigenvalue weighted by Gasteiger charge is 2.11.